The van der Waals surface area contributed by atoms with Crippen LogP contribution in [0.2, 0.25) is 0 Å². The molecule has 15 heavy (non-hydrogen) atoms. The van der Waals surface area contributed by atoms with Gasteiger partial charge in [0.25, 0.3) is 0 Å². The molecule has 0 aliphatic heterocycles. The van der Waals surface area contributed by atoms with E-state index >= 15 is 0 Å². The molecule has 3 N–H and O–H groups in total. The lowest BCUT2D eigenvalue weighted by molar-refractivity contribution is 0.369. The predicted octanol–water partition coefficient (Wildman–Crippen LogP) is 0.813. The SMILES string of the molecule is CCC1(CC(N)Cc2noc(=O)[nH]2)CC1. The number of nitrogens with one attached hydrogen (secondary N) is 1. The van der Waals surface area contributed by atoms with Crippen LogP contribution in [0.15, 0.2) is 9.32 Å². The number of aromatic nitrogens is 2. The molecule has 1 fully saturated rings. The molecule has 2 rings (SSSR count). The summed E-state index contributed by atoms with van der Waals surface area (Å²) in [6.07, 6.45) is 5.36. The Morgan fingerprint density at radius 3 is 2.87 bits per heavy atom. The van der Waals surface area contributed by atoms with E-state index in [9.17, 15) is 4.79 Å². The van der Waals surface area contributed by atoms with Crippen molar-refractivity contribution in [2.75, 3.05) is 0 Å². The van der Waals surface area contributed by atoms with Crippen molar-refractivity contribution >= 4 is 0 Å². The topological polar surface area (TPSA) is 84.9 Å². The van der Waals surface area contributed by atoms with E-state index in [1.165, 1.54) is 19.3 Å². The molecule has 0 saturated heterocycles. The first-order chi connectivity index (χ1) is 7.13. The van der Waals surface area contributed by atoms with Crippen LogP contribution in [0.1, 0.15) is 38.4 Å². The van der Waals surface area contributed by atoms with Gasteiger partial charge in [-0.1, -0.05) is 18.5 Å². The first-order valence-corrected chi connectivity index (χ1v) is 5.44. The first kappa shape index (κ1) is 10.4. The van der Waals surface area contributed by atoms with Gasteiger partial charge in [0, 0.05) is 12.5 Å². The second kappa shape index (κ2) is 3.81. The number of hydrogen-bond donors (Lipinski definition) is 2. The van der Waals surface area contributed by atoms with Crippen molar-refractivity contribution in [3.8, 4) is 0 Å². The summed E-state index contributed by atoms with van der Waals surface area (Å²) in [5.41, 5.74) is 6.49. The van der Waals surface area contributed by atoms with E-state index in [-0.39, 0.29) is 6.04 Å². The molecule has 1 aliphatic carbocycles. The molecule has 0 spiro atoms. The maximum absolute atomic E-state index is 10.7. The van der Waals surface area contributed by atoms with Crippen molar-refractivity contribution in [1.29, 1.82) is 0 Å². The molecule has 0 radical (unpaired) electrons. The maximum atomic E-state index is 10.7. The summed E-state index contributed by atoms with van der Waals surface area (Å²) < 4.78 is 4.42. The normalized spacial score (nSPS) is 20.1. The van der Waals surface area contributed by atoms with E-state index in [1.807, 2.05) is 0 Å². The molecule has 1 saturated carbocycles. The van der Waals surface area contributed by atoms with E-state index in [1.54, 1.807) is 0 Å². The van der Waals surface area contributed by atoms with E-state index in [4.69, 9.17) is 5.73 Å². The van der Waals surface area contributed by atoms with E-state index in [0.29, 0.717) is 17.7 Å². The Morgan fingerprint density at radius 1 is 1.67 bits per heavy atom. The summed E-state index contributed by atoms with van der Waals surface area (Å²) in [5, 5.41) is 3.61. The van der Waals surface area contributed by atoms with Gasteiger partial charge in [-0.3, -0.25) is 9.51 Å². The Labute approximate surface area is 88.0 Å². The van der Waals surface area contributed by atoms with E-state index in [0.717, 1.165) is 6.42 Å². The van der Waals surface area contributed by atoms with Gasteiger partial charge in [-0.2, -0.15) is 0 Å². The van der Waals surface area contributed by atoms with Crippen LogP contribution in [0.4, 0.5) is 0 Å². The van der Waals surface area contributed by atoms with Gasteiger partial charge in [-0.15, -0.1) is 0 Å². The van der Waals surface area contributed by atoms with Crippen LogP contribution >= 0.6 is 0 Å². The number of H-pyrrole nitrogens is 1. The summed E-state index contributed by atoms with van der Waals surface area (Å²) in [7, 11) is 0. The van der Waals surface area contributed by atoms with Crippen molar-refractivity contribution in [2.45, 2.75) is 45.1 Å². The number of rotatable bonds is 5. The average molecular weight is 211 g/mol. The minimum Gasteiger partial charge on any atom is -0.327 e. The fraction of sp³-hybridized carbons (Fsp3) is 0.800. The van der Waals surface area contributed by atoms with Crippen molar-refractivity contribution in [3.63, 3.8) is 0 Å². The fourth-order valence-electron chi connectivity index (χ4n) is 2.10. The summed E-state index contributed by atoms with van der Waals surface area (Å²) in [4.78, 5) is 13.2. The second-order valence-corrected chi connectivity index (χ2v) is 4.56. The van der Waals surface area contributed by atoms with Gasteiger partial charge in [0.2, 0.25) is 0 Å². The molecular formula is C10H17N3O2. The quantitative estimate of drug-likeness (QED) is 0.754. The van der Waals surface area contributed by atoms with Crippen LogP contribution in [0, 0.1) is 5.41 Å². The lowest BCUT2D eigenvalue weighted by Gasteiger charge is -2.17. The molecule has 0 aromatic carbocycles. The molecule has 5 heteroatoms. The maximum Gasteiger partial charge on any atom is 0.438 e. The summed E-state index contributed by atoms with van der Waals surface area (Å²) in [5.74, 6) is 0.0493. The Kier molecular flexibility index (Phi) is 2.65. The number of hydrogen-bond acceptors (Lipinski definition) is 4. The molecule has 84 valence electrons. The van der Waals surface area contributed by atoms with Gasteiger partial charge < -0.3 is 5.73 Å². The van der Waals surface area contributed by atoms with E-state index < -0.39 is 5.76 Å². The van der Waals surface area contributed by atoms with Crippen LogP contribution < -0.4 is 11.5 Å². The largest absolute Gasteiger partial charge is 0.438 e. The van der Waals surface area contributed by atoms with Gasteiger partial charge in [-0.05, 0) is 24.7 Å². The summed E-state index contributed by atoms with van der Waals surface area (Å²) >= 11 is 0. The third kappa shape index (κ3) is 2.47. The number of aromatic amines is 1. The van der Waals surface area contributed by atoms with Crippen LogP contribution in [-0.2, 0) is 6.42 Å². The highest BCUT2D eigenvalue weighted by Crippen LogP contribution is 2.52. The van der Waals surface area contributed by atoms with Crippen molar-refractivity contribution in [2.24, 2.45) is 11.1 Å². The molecule has 5 nitrogen and oxygen atoms in total. The minimum atomic E-state index is -0.506. The van der Waals surface area contributed by atoms with Crippen LogP contribution in [0.5, 0.6) is 0 Å². The highest BCUT2D eigenvalue weighted by atomic mass is 16.5. The standard InChI is InChI=1S/C10H17N3O2/c1-2-10(3-4-10)6-7(11)5-8-12-9(14)15-13-8/h7H,2-6,11H2,1H3,(H,12,13,14). The van der Waals surface area contributed by atoms with Gasteiger partial charge in [-0.25, -0.2) is 4.79 Å². The molecule has 0 amide bonds. The monoisotopic (exact) mass is 211 g/mol. The Hall–Kier alpha value is -1.10. The third-order valence-corrected chi connectivity index (χ3v) is 3.34. The lowest BCUT2D eigenvalue weighted by Crippen LogP contribution is -2.27. The zero-order valence-electron chi connectivity index (χ0n) is 8.95. The number of nitrogens with zero attached hydrogens (tertiary/aromatic N) is 1. The van der Waals surface area contributed by atoms with Gasteiger partial charge >= 0.3 is 5.76 Å². The Bertz CT molecular complexity index is 378. The highest BCUT2D eigenvalue weighted by Gasteiger charge is 2.41. The average Bonchev–Trinajstić information content (AvgIpc) is 2.84. The van der Waals surface area contributed by atoms with Crippen LogP contribution in [0.3, 0.4) is 0 Å². The Morgan fingerprint density at radius 2 is 2.40 bits per heavy atom. The molecule has 0 bridgehead atoms. The van der Waals surface area contributed by atoms with Crippen molar-refractivity contribution < 1.29 is 4.52 Å². The zero-order chi connectivity index (χ0) is 10.9. The van der Waals surface area contributed by atoms with Crippen LogP contribution in [0.25, 0.3) is 0 Å². The molecular weight excluding hydrogens is 194 g/mol. The fourth-order valence-corrected chi connectivity index (χ4v) is 2.10. The first-order valence-electron chi connectivity index (χ1n) is 5.44. The Balaban J connectivity index is 1.87. The van der Waals surface area contributed by atoms with Crippen LogP contribution in [-0.4, -0.2) is 16.2 Å². The van der Waals surface area contributed by atoms with Crippen molar-refractivity contribution in [1.82, 2.24) is 10.1 Å². The molecule has 1 aliphatic rings. The van der Waals surface area contributed by atoms with Gasteiger partial charge in [0.05, 0.1) is 0 Å². The van der Waals surface area contributed by atoms with Gasteiger partial charge in [0.15, 0.2) is 5.82 Å². The summed E-state index contributed by atoms with van der Waals surface area (Å²) in [6.45, 7) is 2.21. The smallest absolute Gasteiger partial charge is 0.327 e. The van der Waals surface area contributed by atoms with E-state index in [2.05, 4.69) is 21.6 Å². The molecule has 1 atom stereocenters. The summed E-state index contributed by atoms with van der Waals surface area (Å²) in [6, 6.07) is 0.0631. The minimum absolute atomic E-state index is 0.0631. The van der Waals surface area contributed by atoms with Gasteiger partial charge in [0.1, 0.15) is 0 Å². The second-order valence-electron chi connectivity index (χ2n) is 4.56. The molecule has 1 aromatic rings. The molecule has 1 heterocycles. The van der Waals surface area contributed by atoms with Crippen molar-refractivity contribution in [3.05, 3.63) is 16.4 Å². The number of nitrogens with two attached hydrogens (primary N) is 1. The third-order valence-electron chi connectivity index (χ3n) is 3.34. The zero-order valence-corrected chi connectivity index (χ0v) is 8.95. The predicted molar refractivity (Wildman–Crippen MR) is 55.4 cm³/mol. The molecule has 1 unspecified atom stereocenters. The molecule has 1 aromatic heterocycles. The lowest BCUT2D eigenvalue weighted by atomic mass is 9.93. The highest BCUT2D eigenvalue weighted by molar-refractivity contribution is 4.96.